The number of rotatable bonds is 5. The first-order valence-electron chi connectivity index (χ1n) is 8.39. The molecular weight excluding hydrogens is 463 g/mol. The molecule has 2 amide bonds. The van der Waals surface area contributed by atoms with Crippen LogP contribution in [0.25, 0.3) is 0 Å². The first-order valence-corrected chi connectivity index (χ1v) is 9.56. The van der Waals surface area contributed by atoms with Crippen molar-refractivity contribution in [3.63, 3.8) is 0 Å². The summed E-state index contributed by atoms with van der Waals surface area (Å²) in [7, 11) is 1.44. The highest BCUT2D eigenvalue weighted by atomic mass is 79.9. The molecule has 3 rings (SSSR count). The molecule has 0 radical (unpaired) electrons. The van der Waals surface area contributed by atoms with Gasteiger partial charge in [-0.3, -0.25) is 9.59 Å². The minimum atomic E-state index is -0.743. The van der Waals surface area contributed by atoms with Crippen molar-refractivity contribution in [3.05, 3.63) is 87.1 Å². The standard InChI is InChI=1S/C21H15BrClFN2O3/c1-29-19-9-7-13(25-20(27)14-4-2-3-5-16(14)22)11-18(19)26-21(28)15-8-6-12(23)10-17(15)24/h2-11H,1H3,(H,25,27)(H,26,28). The van der Waals surface area contributed by atoms with Gasteiger partial charge in [-0.05, 0) is 64.5 Å². The maximum absolute atomic E-state index is 14.0. The van der Waals surface area contributed by atoms with Gasteiger partial charge in [-0.25, -0.2) is 4.39 Å². The molecule has 3 aromatic rings. The summed E-state index contributed by atoms with van der Waals surface area (Å²) in [6.07, 6.45) is 0. The van der Waals surface area contributed by atoms with Crippen LogP contribution in [0.2, 0.25) is 5.02 Å². The maximum atomic E-state index is 14.0. The highest BCUT2D eigenvalue weighted by Crippen LogP contribution is 2.29. The molecule has 5 nitrogen and oxygen atoms in total. The summed E-state index contributed by atoms with van der Waals surface area (Å²) in [6, 6.07) is 15.5. The van der Waals surface area contributed by atoms with E-state index in [0.29, 0.717) is 21.5 Å². The van der Waals surface area contributed by atoms with Crippen molar-refractivity contribution in [1.82, 2.24) is 0 Å². The van der Waals surface area contributed by atoms with Crippen molar-refractivity contribution < 1.29 is 18.7 Å². The quantitative estimate of drug-likeness (QED) is 0.491. The Labute approximate surface area is 180 Å². The van der Waals surface area contributed by atoms with Crippen LogP contribution >= 0.6 is 27.5 Å². The molecule has 8 heteroatoms. The SMILES string of the molecule is COc1ccc(NC(=O)c2ccccc2Br)cc1NC(=O)c1ccc(Cl)cc1F. The Morgan fingerprint density at radius 1 is 0.966 bits per heavy atom. The smallest absolute Gasteiger partial charge is 0.258 e. The Hall–Kier alpha value is -2.90. The van der Waals surface area contributed by atoms with E-state index in [4.69, 9.17) is 16.3 Å². The van der Waals surface area contributed by atoms with Crippen LogP contribution in [0, 0.1) is 5.82 Å². The molecule has 0 spiro atoms. The summed E-state index contributed by atoms with van der Waals surface area (Å²) in [4.78, 5) is 25.0. The third-order valence-electron chi connectivity index (χ3n) is 4.00. The molecule has 2 N–H and O–H groups in total. The number of carbonyl (C=O) groups excluding carboxylic acids is 2. The molecule has 0 unspecified atom stereocenters. The zero-order chi connectivity index (χ0) is 21.0. The van der Waals surface area contributed by atoms with Gasteiger partial charge in [-0.2, -0.15) is 0 Å². The third kappa shape index (κ3) is 4.93. The molecule has 0 aromatic heterocycles. The Bertz CT molecular complexity index is 1090. The van der Waals surface area contributed by atoms with E-state index in [1.165, 1.54) is 25.3 Å². The van der Waals surface area contributed by atoms with E-state index < -0.39 is 11.7 Å². The Morgan fingerprint density at radius 3 is 2.38 bits per heavy atom. The fourth-order valence-electron chi connectivity index (χ4n) is 2.59. The predicted octanol–water partition coefficient (Wildman–Crippen LogP) is 5.75. The second-order valence-electron chi connectivity index (χ2n) is 5.93. The van der Waals surface area contributed by atoms with Crippen LogP contribution in [-0.2, 0) is 0 Å². The van der Waals surface area contributed by atoms with E-state index in [0.717, 1.165) is 6.07 Å². The van der Waals surface area contributed by atoms with Crippen molar-refractivity contribution in [2.45, 2.75) is 0 Å². The van der Waals surface area contributed by atoms with Gasteiger partial charge in [-0.15, -0.1) is 0 Å². The second kappa shape index (κ2) is 9.07. The van der Waals surface area contributed by atoms with Crippen molar-refractivity contribution in [2.24, 2.45) is 0 Å². The van der Waals surface area contributed by atoms with Crippen LogP contribution in [0.15, 0.2) is 65.1 Å². The number of hydrogen-bond acceptors (Lipinski definition) is 3. The van der Waals surface area contributed by atoms with Gasteiger partial charge in [0.2, 0.25) is 0 Å². The lowest BCUT2D eigenvalue weighted by Crippen LogP contribution is -2.16. The molecule has 0 atom stereocenters. The Balaban J connectivity index is 1.84. The van der Waals surface area contributed by atoms with Crippen LogP contribution in [0.1, 0.15) is 20.7 Å². The van der Waals surface area contributed by atoms with E-state index in [9.17, 15) is 14.0 Å². The van der Waals surface area contributed by atoms with Crippen LogP contribution in [0.5, 0.6) is 5.75 Å². The highest BCUT2D eigenvalue weighted by molar-refractivity contribution is 9.10. The molecule has 0 aliphatic heterocycles. The zero-order valence-corrected chi connectivity index (χ0v) is 17.5. The topological polar surface area (TPSA) is 67.4 Å². The number of halogens is 3. The lowest BCUT2D eigenvalue weighted by molar-refractivity contribution is 0.101. The first kappa shape index (κ1) is 20.8. The number of amides is 2. The normalized spacial score (nSPS) is 10.3. The van der Waals surface area contributed by atoms with E-state index in [2.05, 4.69) is 26.6 Å². The molecule has 0 saturated carbocycles. The van der Waals surface area contributed by atoms with Crippen molar-refractivity contribution in [2.75, 3.05) is 17.7 Å². The molecule has 0 heterocycles. The average Bonchev–Trinajstić information content (AvgIpc) is 2.68. The van der Waals surface area contributed by atoms with Gasteiger partial charge < -0.3 is 15.4 Å². The molecule has 29 heavy (non-hydrogen) atoms. The zero-order valence-electron chi connectivity index (χ0n) is 15.1. The van der Waals surface area contributed by atoms with Gasteiger partial charge in [0.1, 0.15) is 11.6 Å². The van der Waals surface area contributed by atoms with Gasteiger partial charge in [0.15, 0.2) is 0 Å². The lowest BCUT2D eigenvalue weighted by Gasteiger charge is -2.13. The van der Waals surface area contributed by atoms with Crippen LogP contribution < -0.4 is 15.4 Å². The van der Waals surface area contributed by atoms with E-state index in [-0.39, 0.29) is 22.2 Å². The van der Waals surface area contributed by atoms with Crippen LogP contribution in [0.4, 0.5) is 15.8 Å². The monoisotopic (exact) mass is 476 g/mol. The summed E-state index contributed by atoms with van der Waals surface area (Å²) in [5.74, 6) is -1.39. The van der Waals surface area contributed by atoms with E-state index in [1.807, 2.05) is 0 Å². The van der Waals surface area contributed by atoms with E-state index >= 15 is 0 Å². The first-order chi connectivity index (χ1) is 13.9. The predicted molar refractivity (Wildman–Crippen MR) is 114 cm³/mol. The number of hydrogen-bond donors (Lipinski definition) is 2. The number of nitrogens with one attached hydrogen (secondary N) is 2. The Kier molecular flexibility index (Phi) is 6.51. The summed E-state index contributed by atoms with van der Waals surface area (Å²) in [5, 5.41) is 5.54. The fraction of sp³-hybridized carbons (Fsp3) is 0.0476. The van der Waals surface area contributed by atoms with Gasteiger partial charge in [0, 0.05) is 15.2 Å². The van der Waals surface area contributed by atoms with Crippen LogP contribution in [-0.4, -0.2) is 18.9 Å². The Morgan fingerprint density at radius 2 is 1.69 bits per heavy atom. The van der Waals surface area contributed by atoms with Crippen molar-refractivity contribution >= 4 is 50.7 Å². The number of benzene rings is 3. The molecule has 0 fully saturated rings. The van der Waals surface area contributed by atoms with Gasteiger partial charge in [0.05, 0.1) is 23.9 Å². The van der Waals surface area contributed by atoms with Gasteiger partial charge >= 0.3 is 0 Å². The number of anilines is 2. The highest BCUT2D eigenvalue weighted by Gasteiger charge is 2.16. The molecule has 0 bridgehead atoms. The van der Waals surface area contributed by atoms with Crippen molar-refractivity contribution in [1.29, 1.82) is 0 Å². The molecule has 0 aliphatic carbocycles. The summed E-state index contributed by atoms with van der Waals surface area (Å²) >= 11 is 9.06. The summed E-state index contributed by atoms with van der Waals surface area (Å²) in [6.45, 7) is 0. The molecular formula is C21H15BrClFN2O3. The largest absolute Gasteiger partial charge is 0.495 e. The number of methoxy groups -OCH3 is 1. The third-order valence-corrected chi connectivity index (χ3v) is 4.93. The van der Waals surface area contributed by atoms with E-state index in [1.54, 1.807) is 36.4 Å². The maximum Gasteiger partial charge on any atom is 0.258 e. The minimum Gasteiger partial charge on any atom is -0.495 e. The van der Waals surface area contributed by atoms with Gasteiger partial charge in [0.25, 0.3) is 11.8 Å². The molecule has 0 aliphatic rings. The average molecular weight is 478 g/mol. The number of carbonyl (C=O) groups is 2. The van der Waals surface area contributed by atoms with Crippen LogP contribution in [0.3, 0.4) is 0 Å². The molecule has 3 aromatic carbocycles. The lowest BCUT2D eigenvalue weighted by atomic mass is 10.1. The summed E-state index contributed by atoms with van der Waals surface area (Å²) < 4.78 is 19.9. The van der Waals surface area contributed by atoms with Crippen molar-refractivity contribution in [3.8, 4) is 5.75 Å². The summed E-state index contributed by atoms with van der Waals surface area (Å²) in [5.41, 5.74) is 0.992. The fourth-order valence-corrected chi connectivity index (χ4v) is 3.21. The van der Waals surface area contributed by atoms with Gasteiger partial charge in [-0.1, -0.05) is 23.7 Å². The molecule has 0 saturated heterocycles. The molecule has 148 valence electrons. The second-order valence-corrected chi connectivity index (χ2v) is 7.22. The number of ether oxygens (including phenoxy) is 1. The minimum absolute atomic E-state index is 0.167.